The fourth-order valence-electron chi connectivity index (χ4n) is 1.49. The van der Waals surface area contributed by atoms with Crippen LogP contribution in [0.4, 0.5) is 13.6 Å². The number of amides is 3. The number of urea groups is 1. The van der Waals surface area contributed by atoms with Gasteiger partial charge < -0.3 is 11.1 Å². The summed E-state index contributed by atoms with van der Waals surface area (Å²) < 4.78 is 25.0. The Kier molecular flexibility index (Phi) is 4.39. The number of halogens is 2. The number of β-lactam (4-membered cyclic amide) rings is 1. The minimum atomic E-state index is -3.37. The fourth-order valence-corrected chi connectivity index (χ4v) is 1.49. The molecule has 0 aromatic heterocycles. The number of alkyl halides is 2. The van der Waals surface area contributed by atoms with Crippen molar-refractivity contribution < 1.29 is 18.4 Å². The van der Waals surface area contributed by atoms with E-state index in [4.69, 9.17) is 5.73 Å². The van der Waals surface area contributed by atoms with Gasteiger partial charge in [-0.15, -0.1) is 0 Å². The van der Waals surface area contributed by atoms with Crippen molar-refractivity contribution in [3.63, 3.8) is 0 Å². The third-order valence-corrected chi connectivity index (χ3v) is 2.52. The van der Waals surface area contributed by atoms with Gasteiger partial charge in [-0.25, -0.2) is 4.79 Å². The van der Waals surface area contributed by atoms with Gasteiger partial charge in [-0.05, 0) is 19.8 Å². The smallest absolute Gasteiger partial charge is 0.338 e. The van der Waals surface area contributed by atoms with Crippen LogP contribution >= 0.6 is 0 Å². The molecule has 1 heterocycles. The van der Waals surface area contributed by atoms with Crippen molar-refractivity contribution in [3.05, 3.63) is 0 Å². The van der Waals surface area contributed by atoms with Crippen LogP contribution in [0.5, 0.6) is 0 Å². The van der Waals surface area contributed by atoms with E-state index in [1.54, 1.807) is 0 Å². The van der Waals surface area contributed by atoms with Gasteiger partial charge in [0, 0.05) is 12.6 Å². The number of rotatable bonds is 5. The summed E-state index contributed by atoms with van der Waals surface area (Å²) in [7, 11) is 0. The topological polar surface area (TPSA) is 75.4 Å². The monoisotopic (exact) mass is 249 g/mol. The highest BCUT2D eigenvalue weighted by Gasteiger charge is 2.56. The molecule has 1 aliphatic heterocycles. The van der Waals surface area contributed by atoms with Gasteiger partial charge in [0.2, 0.25) is 0 Å². The Morgan fingerprint density at radius 2 is 2.24 bits per heavy atom. The SMILES string of the molecule is CC(N)CCCCNC(=O)N1CC(F)(F)C1=O. The summed E-state index contributed by atoms with van der Waals surface area (Å²) >= 11 is 0. The molecule has 0 saturated carbocycles. The zero-order chi connectivity index (χ0) is 13.1. The number of unbranched alkanes of at least 4 members (excludes halogenated alkanes) is 1. The molecule has 3 N–H and O–H groups in total. The van der Waals surface area contributed by atoms with Gasteiger partial charge in [-0.1, -0.05) is 6.42 Å². The normalized spacial score (nSPS) is 19.8. The molecule has 7 heteroatoms. The minimum absolute atomic E-state index is 0.112. The first-order valence-corrected chi connectivity index (χ1v) is 5.58. The molecule has 0 radical (unpaired) electrons. The van der Waals surface area contributed by atoms with E-state index in [0.29, 0.717) is 17.9 Å². The minimum Gasteiger partial charge on any atom is -0.338 e. The Labute approximate surface area is 98.3 Å². The van der Waals surface area contributed by atoms with Crippen molar-refractivity contribution in [2.24, 2.45) is 5.73 Å². The van der Waals surface area contributed by atoms with Gasteiger partial charge in [-0.2, -0.15) is 8.78 Å². The Balaban J connectivity index is 2.13. The van der Waals surface area contributed by atoms with Crippen LogP contribution in [0.3, 0.4) is 0 Å². The number of carbonyl (C=O) groups is 2. The van der Waals surface area contributed by atoms with Crippen molar-refractivity contribution >= 4 is 11.9 Å². The van der Waals surface area contributed by atoms with Crippen LogP contribution in [0.1, 0.15) is 26.2 Å². The van der Waals surface area contributed by atoms with Crippen LogP contribution in [-0.2, 0) is 4.79 Å². The van der Waals surface area contributed by atoms with E-state index in [1.807, 2.05) is 6.92 Å². The molecule has 1 fully saturated rings. The van der Waals surface area contributed by atoms with Crippen LogP contribution in [0.2, 0.25) is 0 Å². The summed E-state index contributed by atoms with van der Waals surface area (Å²) in [6.45, 7) is 1.43. The largest absolute Gasteiger partial charge is 0.342 e. The predicted molar refractivity (Wildman–Crippen MR) is 57.6 cm³/mol. The number of likely N-dealkylation sites (tertiary alicyclic amines) is 1. The predicted octanol–water partition coefficient (Wildman–Crippen LogP) is 0.691. The Morgan fingerprint density at radius 3 is 2.71 bits per heavy atom. The van der Waals surface area contributed by atoms with Crippen molar-refractivity contribution in [1.29, 1.82) is 0 Å². The first-order valence-electron chi connectivity index (χ1n) is 5.58. The van der Waals surface area contributed by atoms with Gasteiger partial charge in [0.15, 0.2) is 0 Å². The maximum absolute atomic E-state index is 12.5. The number of nitrogens with one attached hydrogen (secondary N) is 1. The second kappa shape index (κ2) is 5.39. The van der Waals surface area contributed by atoms with Crippen LogP contribution in [-0.4, -0.2) is 41.9 Å². The van der Waals surface area contributed by atoms with Crippen molar-refractivity contribution in [1.82, 2.24) is 10.2 Å². The van der Waals surface area contributed by atoms with E-state index >= 15 is 0 Å². The van der Waals surface area contributed by atoms with Crippen LogP contribution < -0.4 is 11.1 Å². The molecular weight excluding hydrogens is 232 g/mol. The van der Waals surface area contributed by atoms with E-state index in [1.165, 1.54) is 0 Å². The molecule has 5 nitrogen and oxygen atoms in total. The first-order chi connectivity index (χ1) is 7.84. The van der Waals surface area contributed by atoms with Crippen molar-refractivity contribution in [2.45, 2.75) is 38.2 Å². The van der Waals surface area contributed by atoms with E-state index in [-0.39, 0.29) is 6.04 Å². The summed E-state index contributed by atoms with van der Waals surface area (Å²) in [4.78, 5) is 22.6. The Morgan fingerprint density at radius 1 is 1.59 bits per heavy atom. The standard InChI is InChI=1S/C10H17F2N3O2/c1-7(13)4-2-3-5-14-9(17)15-6-10(11,12)8(15)16/h7H,2-6,13H2,1H3,(H,14,17). The summed E-state index contributed by atoms with van der Waals surface area (Å²) in [5, 5.41) is 2.42. The molecule has 98 valence electrons. The van der Waals surface area contributed by atoms with Crippen LogP contribution in [0.15, 0.2) is 0 Å². The first kappa shape index (κ1) is 13.8. The summed E-state index contributed by atoms with van der Waals surface area (Å²) in [6, 6.07) is -0.636. The lowest BCUT2D eigenvalue weighted by atomic mass is 10.1. The number of hydrogen-bond acceptors (Lipinski definition) is 3. The zero-order valence-electron chi connectivity index (χ0n) is 9.71. The molecule has 0 aromatic carbocycles. The Hall–Kier alpha value is -1.24. The molecule has 1 saturated heterocycles. The summed E-state index contributed by atoms with van der Waals surface area (Å²) in [6.07, 6.45) is 2.41. The van der Waals surface area contributed by atoms with E-state index < -0.39 is 24.4 Å². The molecule has 0 spiro atoms. The van der Waals surface area contributed by atoms with Crippen molar-refractivity contribution in [2.75, 3.05) is 13.1 Å². The van der Waals surface area contributed by atoms with E-state index in [2.05, 4.69) is 5.32 Å². The van der Waals surface area contributed by atoms with E-state index in [0.717, 1.165) is 12.8 Å². The maximum atomic E-state index is 12.5. The number of nitrogens with two attached hydrogens (primary N) is 1. The lowest BCUT2D eigenvalue weighted by Crippen LogP contribution is -2.65. The zero-order valence-corrected chi connectivity index (χ0v) is 9.71. The van der Waals surface area contributed by atoms with Gasteiger partial charge in [0.05, 0.1) is 0 Å². The molecule has 1 rings (SSSR count). The maximum Gasteiger partial charge on any atom is 0.342 e. The summed E-state index contributed by atoms with van der Waals surface area (Å²) in [5.74, 6) is -4.79. The molecule has 0 aliphatic carbocycles. The highest BCUT2D eigenvalue weighted by atomic mass is 19.3. The molecule has 0 aromatic rings. The molecule has 17 heavy (non-hydrogen) atoms. The summed E-state index contributed by atoms with van der Waals surface area (Å²) in [5.41, 5.74) is 5.54. The molecule has 1 atom stereocenters. The average molecular weight is 249 g/mol. The Bertz CT molecular complexity index is 308. The average Bonchev–Trinajstić information content (AvgIpc) is 2.24. The third-order valence-electron chi connectivity index (χ3n) is 2.52. The number of hydrogen-bond donors (Lipinski definition) is 2. The highest BCUT2D eigenvalue weighted by Crippen LogP contribution is 2.28. The van der Waals surface area contributed by atoms with Gasteiger partial charge in [-0.3, -0.25) is 9.69 Å². The number of nitrogens with zero attached hydrogens (tertiary/aromatic N) is 1. The van der Waals surface area contributed by atoms with Gasteiger partial charge >= 0.3 is 17.9 Å². The molecule has 0 bridgehead atoms. The fraction of sp³-hybridized carbons (Fsp3) is 0.800. The quantitative estimate of drug-likeness (QED) is 0.556. The lowest BCUT2D eigenvalue weighted by Gasteiger charge is -2.35. The van der Waals surface area contributed by atoms with Crippen LogP contribution in [0, 0.1) is 0 Å². The third kappa shape index (κ3) is 3.62. The second-order valence-corrected chi connectivity index (χ2v) is 4.30. The van der Waals surface area contributed by atoms with Crippen LogP contribution in [0.25, 0.3) is 0 Å². The molecule has 3 amide bonds. The molecular formula is C10H17F2N3O2. The molecule has 1 unspecified atom stereocenters. The lowest BCUT2D eigenvalue weighted by molar-refractivity contribution is -0.177. The number of carbonyl (C=O) groups excluding carboxylic acids is 2. The van der Waals surface area contributed by atoms with E-state index in [9.17, 15) is 18.4 Å². The van der Waals surface area contributed by atoms with Gasteiger partial charge in [0.25, 0.3) is 0 Å². The molecule has 1 aliphatic rings. The highest BCUT2D eigenvalue weighted by molar-refractivity contribution is 6.03. The number of imide groups is 1. The second-order valence-electron chi connectivity index (χ2n) is 4.30. The van der Waals surface area contributed by atoms with Gasteiger partial charge in [0.1, 0.15) is 6.54 Å². The van der Waals surface area contributed by atoms with Crippen molar-refractivity contribution in [3.8, 4) is 0 Å².